The van der Waals surface area contributed by atoms with Crippen LogP contribution in [0.4, 0.5) is 15.3 Å². The number of cyclic esters (lactones) is 2. The van der Waals surface area contributed by atoms with E-state index in [1.54, 1.807) is 76.2 Å². The molecule has 504 valence electrons. The Bertz CT molecular complexity index is 3220. The molecule has 0 aliphatic carbocycles. The molecule has 9 N–H and O–H groups in total. The number of nitrogens with zero attached hydrogens (tertiary/aromatic N) is 1. The standard InChI is InChI=1S/C65H84ClN9O18/c1-36(2)30-49-61(84)90-47(13-9-14-50(76)72-46(32-41-21-26-48(88-8)44(66)31-41)58(81)70-35-65(6,7)62(85)91-49)38(5)56-57(92-56)42-22-17-39(18-23-42)33-69-64(87)89-34-40-19-24-43(25-20-40)71-59(82)45(12-11-29-68-63(67)86)73-60(83)55(37(3)4)74-51(77)15-10-16-54(80)93-75-52(78)27-28-53(75)79/h9,14,17-26,31,36-38,45-47,49,55-57H,10-13,15-16,27-30,32-35H2,1-8H3,(H,69,87)(H,70,81)(H,71,82)(H,72,76)(H,73,83)(H,74,77)(H3,67,68,86)/b14-9+/t38-,45-,46+,47-,49-,55-,56+,57+/m0/s1. The molecule has 28 heteroatoms. The first-order valence-electron chi connectivity index (χ1n) is 30.8. The third kappa shape index (κ3) is 22.9. The lowest BCUT2D eigenvalue weighted by atomic mass is 9.92. The van der Waals surface area contributed by atoms with E-state index >= 15 is 0 Å². The van der Waals surface area contributed by atoms with Crippen molar-refractivity contribution in [3.8, 4) is 5.75 Å². The Hall–Kier alpha value is -9.11. The van der Waals surface area contributed by atoms with Gasteiger partial charge in [-0.05, 0) is 104 Å². The zero-order valence-electron chi connectivity index (χ0n) is 53.4. The molecule has 0 bridgehead atoms. The van der Waals surface area contributed by atoms with Gasteiger partial charge in [0.05, 0.1) is 23.7 Å². The van der Waals surface area contributed by atoms with Gasteiger partial charge in [-0.1, -0.05) is 94.8 Å². The van der Waals surface area contributed by atoms with E-state index in [-0.39, 0.29) is 96.4 Å². The summed E-state index contributed by atoms with van der Waals surface area (Å²) in [5, 5.41) is 19.5. The minimum Gasteiger partial charge on any atom is -0.495 e. The molecule has 27 nitrogen and oxygen atoms in total. The van der Waals surface area contributed by atoms with E-state index in [2.05, 4.69) is 37.2 Å². The van der Waals surface area contributed by atoms with E-state index in [1.807, 2.05) is 45.0 Å². The first kappa shape index (κ1) is 72.9. The van der Waals surface area contributed by atoms with Crippen molar-refractivity contribution in [2.75, 3.05) is 25.5 Å². The van der Waals surface area contributed by atoms with Crippen LogP contribution in [-0.4, -0.2) is 133 Å². The van der Waals surface area contributed by atoms with Gasteiger partial charge in [0, 0.05) is 69.8 Å². The van der Waals surface area contributed by atoms with E-state index in [0.717, 1.165) is 11.1 Å². The van der Waals surface area contributed by atoms with Gasteiger partial charge in [-0.3, -0.25) is 38.4 Å². The quantitative estimate of drug-likeness (QED) is 0.0157. The highest BCUT2D eigenvalue weighted by atomic mass is 35.5. The maximum atomic E-state index is 14.0. The average molecular weight is 1310 g/mol. The zero-order valence-corrected chi connectivity index (χ0v) is 54.2. The number of esters is 2. The van der Waals surface area contributed by atoms with Crippen LogP contribution in [0.3, 0.4) is 0 Å². The fourth-order valence-electron chi connectivity index (χ4n) is 9.96. The van der Waals surface area contributed by atoms with Gasteiger partial charge in [-0.25, -0.2) is 19.2 Å². The summed E-state index contributed by atoms with van der Waals surface area (Å²) >= 11 is 6.38. The van der Waals surface area contributed by atoms with Crippen LogP contribution >= 0.6 is 11.6 Å². The number of halogens is 1. The van der Waals surface area contributed by atoms with Crippen molar-refractivity contribution in [2.45, 2.75) is 168 Å². The number of methoxy groups -OCH3 is 1. The van der Waals surface area contributed by atoms with E-state index in [4.69, 9.17) is 45.9 Å². The summed E-state index contributed by atoms with van der Waals surface area (Å²) in [5.41, 5.74) is 7.03. The number of alkyl carbamates (subject to hydrolysis) is 1. The number of ether oxygens (including phenoxy) is 5. The molecule has 8 atom stereocenters. The highest BCUT2D eigenvalue weighted by Gasteiger charge is 2.48. The van der Waals surface area contributed by atoms with Gasteiger partial charge < -0.3 is 71.5 Å². The molecule has 0 saturated carbocycles. The molecule has 10 amide bonds. The first-order valence-corrected chi connectivity index (χ1v) is 31.2. The summed E-state index contributed by atoms with van der Waals surface area (Å²) in [4.78, 5) is 160. The molecular weight excluding hydrogens is 1230 g/mol. The lowest BCUT2D eigenvalue weighted by molar-refractivity contribution is -0.197. The first-order chi connectivity index (χ1) is 44.1. The second-order valence-electron chi connectivity index (χ2n) is 24.4. The molecule has 2 fully saturated rings. The molecule has 2 saturated heterocycles. The van der Waals surface area contributed by atoms with Crippen molar-refractivity contribution in [1.82, 2.24) is 37.0 Å². The van der Waals surface area contributed by atoms with E-state index < -0.39 is 131 Å². The number of hydrogen-bond donors (Lipinski definition) is 8. The van der Waals surface area contributed by atoms with Crippen LogP contribution in [0.15, 0.2) is 78.9 Å². The van der Waals surface area contributed by atoms with E-state index in [0.29, 0.717) is 32.6 Å². The smallest absolute Gasteiger partial charge is 0.407 e. The van der Waals surface area contributed by atoms with Gasteiger partial charge in [0.2, 0.25) is 29.5 Å². The lowest BCUT2D eigenvalue weighted by Crippen LogP contribution is -2.54. The molecule has 0 aromatic heterocycles. The molecular formula is C65H84ClN9O18. The van der Waals surface area contributed by atoms with Gasteiger partial charge in [0.1, 0.15) is 42.7 Å². The van der Waals surface area contributed by atoms with Gasteiger partial charge in [-0.2, -0.15) is 0 Å². The fourth-order valence-corrected chi connectivity index (χ4v) is 10.2. The van der Waals surface area contributed by atoms with Gasteiger partial charge in [0.25, 0.3) is 11.8 Å². The van der Waals surface area contributed by atoms with Crippen LogP contribution in [0.2, 0.25) is 5.02 Å². The molecule has 0 spiro atoms. The monoisotopic (exact) mass is 1310 g/mol. The maximum Gasteiger partial charge on any atom is 0.407 e. The number of urea groups is 1. The van der Waals surface area contributed by atoms with Gasteiger partial charge in [0.15, 0.2) is 6.10 Å². The highest BCUT2D eigenvalue weighted by molar-refractivity contribution is 6.32. The molecule has 0 radical (unpaired) electrons. The number of benzene rings is 3. The van der Waals surface area contributed by atoms with E-state index in [9.17, 15) is 57.5 Å². The second-order valence-corrected chi connectivity index (χ2v) is 24.8. The number of primary amides is 1. The summed E-state index contributed by atoms with van der Waals surface area (Å²) in [6.07, 6.45) is -0.859. The lowest BCUT2D eigenvalue weighted by Gasteiger charge is -2.29. The number of epoxide rings is 1. The summed E-state index contributed by atoms with van der Waals surface area (Å²) in [7, 11) is 1.48. The SMILES string of the molecule is COc1ccc(C[C@H]2NC(=O)/C=C/C[C@@H]([C@H](C)[C@H]3O[C@@H]3c3ccc(CNC(=O)OCc4ccc(NC(=O)[C@H](CCCNC(N)=O)NC(=O)[C@@H](NC(=O)CCCC(=O)ON5C(=O)CCC5=O)C(C)C)cc4)cc3)OC(=O)[C@H](CC(C)C)OC(=O)C(C)(C)CNC2=O)cc1Cl. The highest BCUT2D eigenvalue weighted by Crippen LogP contribution is 2.45. The number of carbonyl (C=O) groups is 12. The van der Waals surface area contributed by atoms with E-state index in [1.165, 1.54) is 13.2 Å². The van der Waals surface area contributed by atoms with Crippen molar-refractivity contribution >= 4 is 88.7 Å². The molecule has 3 aromatic rings. The number of hydroxylamine groups is 2. The van der Waals surface area contributed by atoms with Gasteiger partial charge >= 0.3 is 30.0 Å². The number of nitrogens with one attached hydrogen (secondary N) is 7. The van der Waals surface area contributed by atoms with Crippen molar-refractivity contribution in [2.24, 2.45) is 28.9 Å². The number of nitrogens with two attached hydrogens (primary N) is 1. The minimum atomic E-state index is -1.29. The molecule has 3 aliphatic heterocycles. The predicted octanol–water partition coefficient (Wildman–Crippen LogP) is 5.34. The summed E-state index contributed by atoms with van der Waals surface area (Å²) in [6, 6.07) is 14.7. The zero-order chi connectivity index (χ0) is 68.1. The topological polar surface area (TPSA) is 377 Å². The predicted molar refractivity (Wildman–Crippen MR) is 335 cm³/mol. The van der Waals surface area contributed by atoms with Crippen LogP contribution in [-0.2, 0) is 91.3 Å². The molecule has 3 heterocycles. The third-order valence-corrected chi connectivity index (χ3v) is 15.8. The van der Waals surface area contributed by atoms with Crippen LogP contribution in [0.5, 0.6) is 5.75 Å². The minimum absolute atomic E-state index is 0.0121. The third-order valence-electron chi connectivity index (χ3n) is 15.5. The van der Waals surface area contributed by atoms with Crippen LogP contribution in [0, 0.1) is 23.2 Å². The Morgan fingerprint density at radius 3 is 2.14 bits per heavy atom. The normalized spacial score (nSPS) is 20.5. The Balaban J connectivity index is 1.000. The Morgan fingerprint density at radius 2 is 1.49 bits per heavy atom. The second kappa shape index (κ2) is 34.5. The maximum absolute atomic E-state index is 14.0. The summed E-state index contributed by atoms with van der Waals surface area (Å²) in [5.74, 6) is -7.16. The molecule has 93 heavy (non-hydrogen) atoms. The average Bonchev–Trinajstić information content (AvgIpc) is 1.64. The van der Waals surface area contributed by atoms with Crippen LogP contribution < -0.4 is 47.7 Å². The van der Waals surface area contributed by atoms with Crippen molar-refractivity contribution in [3.63, 3.8) is 0 Å². The number of amides is 10. The summed E-state index contributed by atoms with van der Waals surface area (Å²) in [6.45, 7) is 12.1. The summed E-state index contributed by atoms with van der Waals surface area (Å²) < 4.78 is 28.9. The molecule has 6 rings (SSSR count). The van der Waals surface area contributed by atoms with Crippen LogP contribution in [0.1, 0.15) is 135 Å². The fraction of sp³-hybridized carbons (Fsp3) is 0.508. The number of rotatable bonds is 27. The molecule has 3 aliphatic rings. The van der Waals surface area contributed by atoms with Crippen molar-refractivity contribution in [3.05, 3.63) is 106 Å². The number of imide groups is 1. The molecule has 0 unspecified atom stereocenters. The number of carbonyl (C=O) groups excluding carboxylic acids is 12. The van der Waals surface area contributed by atoms with Crippen molar-refractivity contribution in [1.29, 1.82) is 0 Å². The Kier molecular flexibility index (Phi) is 27.1. The number of hydrogen-bond acceptors (Lipinski definition) is 18. The Labute approximate surface area is 544 Å². The van der Waals surface area contributed by atoms with Gasteiger partial charge in [-0.15, -0.1) is 5.06 Å². The Morgan fingerprint density at radius 1 is 0.817 bits per heavy atom. The molecule has 3 aromatic carbocycles. The van der Waals surface area contributed by atoms with Crippen molar-refractivity contribution < 1.29 is 86.1 Å². The largest absolute Gasteiger partial charge is 0.495 e. The van der Waals surface area contributed by atoms with Crippen LogP contribution in [0.25, 0.3) is 0 Å². The number of anilines is 1.